The molecule has 0 saturated heterocycles. The first-order valence-electron chi connectivity index (χ1n) is 12.3. The quantitative estimate of drug-likeness (QED) is 0.637. The summed E-state index contributed by atoms with van der Waals surface area (Å²) in [4.78, 5) is 13.2. The topological polar surface area (TPSA) is 84.5 Å². The van der Waals surface area contributed by atoms with Gasteiger partial charge < -0.3 is 10.1 Å². The fraction of sp³-hybridized carbons (Fsp3) is 0.720. The van der Waals surface area contributed by atoms with Gasteiger partial charge in [0, 0.05) is 17.6 Å². The van der Waals surface area contributed by atoms with Crippen molar-refractivity contribution in [3.8, 4) is 5.75 Å². The summed E-state index contributed by atoms with van der Waals surface area (Å²) in [6.07, 6.45) is 11.5. The second-order valence-corrected chi connectivity index (χ2v) is 12.6. The lowest BCUT2D eigenvalue weighted by Crippen LogP contribution is -2.55. The van der Waals surface area contributed by atoms with Crippen LogP contribution in [0.2, 0.25) is 0 Å². The molecule has 32 heavy (non-hydrogen) atoms. The van der Waals surface area contributed by atoms with Crippen molar-refractivity contribution in [3.05, 3.63) is 23.8 Å². The van der Waals surface area contributed by atoms with E-state index in [0.29, 0.717) is 5.56 Å². The normalized spacial score (nSPS) is 32.8. The van der Waals surface area contributed by atoms with E-state index in [0.717, 1.165) is 43.4 Å². The zero-order valence-electron chi connectivity index (χ0n) is 19.2. The molecule has 6 nitrogen and oxygen atoms in total. The van der Waals surface area contributed by atoms with Crippen LogP contribution in [0.25, 0.3) is 0 Å². The molecule has 6 rings (SSSR count). The third kappa shape index (κ3) is 4.07. The zero-order chi connectivity index (χ0) is 22.5. The molecule has 1 atom stereocenters. The standard InChI is InChI=1S/C25H36N2O4S/c1-16(25-13-17-9-18(14-25)11-19(10-17)15-25)26-24(28)20-7-8-22(31-2)23(12-20)32(29,30)27-21-5-3-4-6-21/h7-8,12,16-19,21,27H,3-6,9-11,13-15H2,1-2H3,(H,26,28)/t16-,17?,18?,19?,25?/m0/s1. The van der Waals surface area contributed by atoms with Crippen molar-refractivity contribution in [1.29, 1.82) is 0 Å². The van der Waals surface area contributed by atoms with Crippen molar-refractivity contribution in [2.45, 2.75) is 88.1 Å². The highest BCUT2D eigenvalue weighted by Crippen LogP contribution is 2.61. The number of hydrogen-bond donors (Lipinski definition) is 2. The van der Waals surface area contributed by atoms with Crippen molar-refractivity contribution >= 4 is 15.9 Å². The molecular weight excluding hydrogens is 424 g/mol. The van der Waals surface area contributed by atoms with Gasteiger partial charge in [-0.15, -0.1) is 0 Å². The van der Waals surface area contributed by atoms with Crippen molar-refractivity contribution in [3.63, 3.8) is 0 Å². The first-order chi connectivity index (χ1) is 15.3. The Morgan fingerprint density at radius 3 is 2.22 bits per heavy atom. The van der Waals surface area contributed by atoms with Crippen LogP contribution in [0, 0.1) is 23.2 Å². The van der Waals surface area contributed by atoms with Gasteiger partial charge in [0.05, 0.1) is 7.11 Å². The highest BCUT2D eigenvalue weighted by Gasteiger charge is 2.53. The molecule has 1 aromatic carbocycles. The fourth-order valence-electron chi connectivity index (χ4n) is 7.50. The van der Waals surface area contributed by atoms with E-state index in [9.17, 15) is 13.2 Å². The molecule has 176 valence electrons. The molecule has 1 amide bonds. The van der Waals surface area contributed by atoms with Gasteiger partial charge in [-0.3, -0.25) is 4.79 Å². The predicted octanol–water partition coefficient (Wildman–Crippen LogP) is 4.25. The lowest BCUT2D eigenvalue weighted by Gasteiger charge is -2.59. The van der Waals surface area contributed by atoms with E-state index < -0.39 is 10.0 Å². The molecule has 5 aliphatic rings. The fourth-order valence-corrected chi connectivity index (χ4v) is 9.00. The van der Waals surface area contributed by atoms with Crippen LogP contribution >= 0.6 is 0 Å². The van der Waals surface area contributed by atoms with Gasteiger partial charge in [-0.25, -0.2) is 13.1 Å². The van der Waals surface area contributed by atoms with Crippen LogP contribution in [0.15, 0.2) is 23.1 Å². The van der Waals surface area contributed by atoms with E-state index in [1.807, 2.05) is 0 Å². The molecule has 2 N–H and O–H groups in total. The summed E-state index contributed by atoms with van der Waals surface area (Å²) in [5, 5.41) is 3.25. The Kier molecular flexibility index (Phi) is 5.77. The van der Waals surface area contributed by atoms with Gasteiger partial charge in [-0.05, 0) is 99.7 Å². The van der Waals surface area contributed by atoms with E-state index >= 15 is 0 Å². The summed E-state index contributed by atoms with van der Waals surface area (Å²) < 4.78 is 34.3. The van der Waals surface area contributed by atoms with Gasteiger partial charge in [-0.2, -0.15) is 0 Å². The number of benzene rings is 1. The van der Waals surface area contributed by atoms with Crippen molar-refractivity contribution in [1.82, 2.24) is 10.0 Å². The number of methoxy groups -OCH3 is 1. The number of hydrogen-bond acceptors (Lipinski definition) is 4. The third-order valence-electron chi connectivity index (χ3n) is 8.74. The predicted molar refractivity (Wildman–Crippen MR) is 123 cm³/mol. The molecule has 0 unspecified atom stereocenters. The summed E-state index contributed by atoms with van der Waals surface area (Å²) in [6.45, 7) is 2.15. The Labute approximate surface area is 191 Å². The second-order valence-electron chi connectivity index (χ2n) is 10.9. The molecule has 0 spiro atoms. The number of ether oxygens (including phenoxy) is 1. The Morgan fingerprint density at radius 2 is 1.66 bits per heavy atom. The van der Waals surface area contributed by atoms with Crippen LogP contribution in [-0.4, -0.2) is 33.5 Å². The molecule has 1 aromatic rings. The Morgan fingerprint density at radius 1 is 1.06 bits per heavy atom. The van der Waals surface area contributed by atoms with Gasteiger partial charge in [-0.1, -0.05) is 12.8 Å². The van der Waals surface area contributed by atoms with E-state index in [4.69, 9.17) is 4.74 Å². The average Bonchev–Trinajstić information content (AvgIpc) is 3.24. The largest absolute Gasteiger partial charge is 0.495 e. The molecule has 4 bridgehead atoms. The van der Waals surface area contributed by atoms with Crippen molar-refractivity contribution < 1.29 is 17.9 Å². The number of sulfonamides is 1. The number of rotatable bonds is 7. The smallest absolute Gasteiger partial charge is 0.251 e. The number of carbonyl (C=O) groups excluding carboxylic acids is 1. The van der Waals surface area contributed by atoms with Gasteiger partial charge >= 0.3 is 0 Å². The third-order valence-corrected chi connectivity index (χ3v) is 10.3. The molecule has 7 heteroatoms. The van der Waals surface area contributed by atoms with E-state index in [1.165, 1.54) is 51.7 Å². The van der Waals surface area contributed by atoms with Gasteiger partial charge in [0.25, 0.3) is 5.91 Å². The highest BCUT2D eigenvalue weighted by molar-refractivity contribution is 7.89. The number of carbonyl (C=O) groups is 1. The minimum absolute atomic E-state index is 0.0432. The minimum atomic E-state index is -3.76. The SMILES string of the molecule is COc1ccc(C(=O)N[C@@H](C)C23CC4CC(CC(C4)C2)C3)cc1S(=O)(=O)NC1CCCC1. The Hall–Kier alpha value is -1.60. The van der Waals surface area contributed by atoms with Crippen molar-refractivity contribution in [2.75, 3.05) is 7.11 Å². The first-order valence-corrected chi connectivity index (χ1v) is 13.8. The van der Waals surface area contributed by atoms with Gasteiger partial charge in [0.1, 0.15) is 10.6 Å². The highest BCUT2D eigenvalue weighted by atomic mass is 32.2. The summed E-state index contributed by atoms with van der Waals surface area (Å²) in [5.74, 6) is 2.52. The lowest BCUT2D eigenvalue weighted by molar-refractivity contribution is -0.0688. The molecule has 0 aliphatic heterocycles. The number of nitrogens with one attached hydrogen (secondary N) is 2. The van der Waals surface area contributed by atoms with Gasteiger partial charge in [0.15, 0.2) is 0 Å². The first kappa shape index (κ1) is 22.2. The van der Waals surface area contributed by atoms with Crippen LogP contribution in [0.4, 0.5) is 0 Å². The molecule has 5 aliphatic carbocycles. The van der Waals surface area contributed by atoms with E-state index in [2.05, 4.69) is 17.0 Å². The number of amides is 1. The molecule has 0 radical (unpaired) electrons. The van der Waals surface area contributed by atoms with Crippen LogP contribution in [0.5, 0.6) is 5.75 Å². The summed E-state index contributed by atoms with van der Waals surface area (Å²) in [7, 11) is -2.31. The second kappa shape index (κ2) is 8.32. The summed E-state index contributed by atoms with van der Waals surface area (Å²) in [6, 6.07) is 4.76. The maximum Gasteiger partial charge on any atom is 0.251 e. The van der Waals surface area contributed by atoms with Crippen LogP contribution in [0.3, 0.4) is 0 Å². The molecular formula is C25H36N2O4S. The van der Waals surface area contributed by atoms with E-state index in [-0.39, 0.29) is 34.1 Å². The maximum atomic E-state index is 13.2. The molecule has 0 heterocycles. The van der Waals surface area contributed by atoms with E-state index in [1.54, 1.807) is 12.1 Å². The monoisotopic (exact) mass is 460 g/mol. The molecule has 0 aromatic heterocycles. The van der Waals surface area contributed by atoms with Crippen LogP contribution in [-0.2, 0) is 10.0 Å². The molecule has 5 fully saturated rings. The molecule has 5 saturated carbocycles. The summed E-state index contributed by atoms with van der Waals surface area (Å²) in [5.41, 5.74) is 0.574. The average molecular weight is 461 g/mol. The van der Waals surface area contributed by atoms with Crippen LogP contribution < -0.4 is 14.8 Å². The summed E-state index contributed by atoms with van der Waals surface area (Å²) >= 11 is 0. The Balaban J connectivity index is 1.34. The van der Waals surface area contributed by atoms with Crippen LogP contribution in [0.1, 0.15) is 81.5 Å². The Bertz CT molecular complexity index is 948. The van der Waals surface area contributed by atoms with Gasteiger partial charge in [0.2, 0.25) is 10.0 Å². The minimum Gasteiger partial charge on any atom is -0.495 e. The lowest BCUT2D eigenvalue weighted by atomic mass is 9.48. The van der Waals surface area contributed by atoms with Crippen molar-refractivity contribution in [2.24, 2.45) is 23.2 Å². The maximum absolute atomic E-state index is 13.2. The zero-order valence-corrected chi connectivity index (χ0v) is 20.0.